The van der Waals surface area contributed by atoms with Crippen LogP contribution in [0, 0.1) is 0 Å². The predicted octanol–water partition coefficient (Wildman–Crippen LogP) is 4.80. The number of nitrogens with zero attached hydrogens (tertiary/aromatic N) is 1. The summed E-state index contributed by atoms with van der Waals surface area (Å²) >= 11 is 0. The van der Waals surface area contributed by atoms with Gasteiger partial charge in [-0.1, -0.05) is 24.3 Å². The molecule has 0 aliphatic rings. The molecule has 0 bridgehead atoms. The van der Waals surface area contributed by atoms with Gasteiger partial charge in [-0.05, 0) is 68.4 Å². The van der Waals surface area contributed by atoms with E-state index in [0.29, 0.717) is 11.3 Å². The third kappa shape index (κ3) is 6.34. The van der Waals surface area contributed by atoms with Crippen molar-refractivity contribution in [2.24, 2.45) is 0 Å². The molecule has 0 unspecified atom stereocenters. The van der Waals surface area contributed by atoms with E-state index >= 15 is 0 Å². The lowest BCUT2D eigenvalue weighted by Crippen LogP contribution is -2.26. The number of amides is 2. The van der Waals surface area contributed by atoms with Crippen molar-refractivity contribution in [3.63, 3.8) is 0 Å². The lowest BCUT2D eigenvalue weighted by atomic mass is 10.1. The van der Waals surface area contributed by atoms with Crippen molar-refractivity contribution in [3.05, 3.63) is 84.4 Å². The first-order chi connectivity index (χ1) is 14.9. The molecule has 2 amide bonds. The van der Waals surface area contributed by atoms with Crippen LogP contribution in [0.15, 0.2) is 78.9 Å². The molecule has 0 aliphatic heterocycles. The van der Waals surface area contributed by atoms with Gasteiger partial charge in [0.15, 0.2) is 0 Å². The van der Waals surface area contributed by atoms with Gasteiger partial charge in [0.25, 0.3) is 5.91 Å². The van der Waals surface area contributed by atoms with Gasteiger partial charge >= 0.3 is 0 Å². The van der Waals surface area contributed by atoms with Crippen molar-refractivity contribution in [1.82, 2.24) is 0 Å². The van der Waals surface area contributed by atoms with Gasteiger partial charge < -0.3 is 20.3 Å². The second kappa shape index (κ2) is 10.3. The number of carbonyl (C=O) groups is 2. The molecule has 3 aromatic carbocycles. The molecular formula is C25H27N3O3. The van der Waals surface area contributed by atoms with Gasteiger partial charge in [-0.3, -0.25) is 9.59 Å². The van der Waals surface area contributed by atoms with Crippen molar-refractivity contribution in [2.75, 3.05) is 29.1 Å². The summed E-state index contributed by atoms with van der Waals surface area (Å²) in [6.07, 6.45) is 0.111. The molecule has 0 saturated heterocycles. The molecule has 6 nitrogen and oxygen atoms in total. The van der Waals surface area contributed by atoms with Crippen LogP contribution >= 0.6 is 0 Å². The van der Waals surface area contributed by atoms with Crippen LogP contribution < -0.4 is 20.3 Å². The number of anilines is 3. The Morgan fingerprint density at radius 1 is 0.903 bits per heavy atom. The van der Waals surface area contributed by atoms with E-state index in [1.54, 1.807) is 36.2 Å². The molecule has 0 aliphatic carbocycles. The Hall–Kier alpha value is -3.80. The van der Waals surface area contributed by atoms with Crippen molar-refractivity contribution in [3.8, 4) is 5.75 Å². The van der Waals surface area contributed by atoms with E-state index < -0.39 is 0 Å². The zero-order valence-electron chi connectivity index (χ0n) is 18.0. The van der Waals surface area contributed by atoms with Gasteiger partial charge in [-0.25, -0.2) is 0 Å². The van der Waals surface area contributed by atoms with Crippen LogP contribution in [-0.4, -0.2) is 31.5 Å². The summed E-state index contributed by atoms with van der Waals surface area (Å²) in [4.78, 5) is 26.7. The number of rotatable bonds is 8. The van der Waals surface area contributed by atoms with Gasteiger partial charge in [0, 0.05) is 29.7 Å². The molecule has 3 rings (SSSR count). The number of hydrogen-bond donors (Lipinski definition) is 2. The summed E-state index contributed by atoms with van der Waals surface area (Å²) in [5.41, 5.74) is 2.69. The van der Waals surface area contributed by atoms with Crippen molar-refractivity contribution >= 4 is 28.9 Å². The maximum absolute atomic E-state index is 12.8. The van der Waals surface area contributed by atoms with Crippen LogP contribution in [0.1, 0.15) is 24.2 Å². The molecular weight excluding hydrogens is 390 g/mol. The van der Waals surface area contributed by atoms with Crippen LogP contribution in [0.3, 0.4) is 0 Å². The number of para-hydroxylation sites is 1. The van der Waals surface area contributed by atoms with Crippen LogP contribution in [0.25, 0.3) is 0 Å². The molecule has 0 spiro atoms. The first-order valence-corrected chi connectivity index (χ1v) is 10.2. The predicted molar refractivity (Wildman–Crippen MR) is 125 cm³/mol. The molecule has 3 aromatic rings. The molecule has 0 heterocycles. The second-order valence-corrected chi connectivity index (χ2v) is 7.37. The molecule has 0 saturated carbocycles. The summed E-state index contributed by atoms with van der Waals surface area (Å²) in [6, 6.07) is 23.8. The molecule has 160 valence electrons. The molecule has 0 radical (unpaired) electrons. The normalized spacial score (nSPS) is 10.5. The summed E-state index contributed by atoms with van der Waals surface area (Å²) < 4.78 is 5.61. The van der Waals surface area contributed by atoms with Crippen LogP contribution in [-0.2, 0) is 4.79 Å². The van der Waals surface area contributed by atoms with Crippen molar-refractivity contribution < 1.29 is 14.3 Å². The molecule has 6 heteroatoms. The summed E-state index contributed by atoms with van der Waals surface area (Å²) in [5, 5.41) is 5.91. The van der Waals surface area contributed by atoms with Gasteiger partial charge in [-0.2, -0.15) is 0 Å². The van der Waals surface area contributed by atoms with Gasteiger partial charge in [-0.15, -0.1) is 0 Å². The van der Waals surface area contributed by atoms with E-state index in [1.807, 2.05) is 68.4 Å². The summed E-state index contributed by atoms with van der Waals surface area (Å²) in [5.74, 6) is 0.430. The van der Waals surface area contributed by atoms with E-state index in [1.165, 1.54) is 0 Å². The number of benzene rings is 3. The third-order valence-corrected chi connectivity index (χ3v) is 4.52. The fourth-order valence-electron chi connectivity index (χ4n) is 3.00. The number of carbonyl (C=O) groups excluding carboxylic acids is 2. The Balaban J connectivity index is 1.56. The largest absolute Gasteiger partial charge is 0.491 e. The first kappa shape index (κ1) is 21.9. The quantitative estimate of drug-likeness (QED) is 0.552. The minimum Gasteiger partial charge on any atom is -0.491 e. The SMILES string of the molecule is CC(C)Oc1ccc(NCC(=O)Nc2cccc(C(=O)N(C)c3ccccc3)c2)cc1. The van der Waals surface area contributed by atoms with Crippen LogP contribution in [0.4, 0.5) is 17.1 Å². The monoisotopic (exact) mass is 417 g/mol. The van der Waals surface area contributed by atoms with Gasteiger partial charge in [0.2, 0.25) is 5.91 Å². The highest BCUT2D eigenvalue weighted by molar-refractivity contribution is 6.06. The fourth-order valence-corrected chi connectivity index (χ4v) is 3.00. The van der Waals surface area contributed by atoms with Crippen molar-refractivity contribution in [2.45, 2.75) is 20.0 Å². The summed E-state index contributed by atoms with van der Waals surface area (Å²) in [6.45, 7) is 4.05. The number of nitrogens with one attached hydrogen (secondary N) is 2. The van der Waals surface area contributed by atoms with E-state index in [4.69, 9.17) is 4.74 Å². The highest BCUT2D eigenvalue weighted by Gasteiger charge is 2.14. The van der Waals surface area contributed by atoms with E-state index in [2.05, 4.69) is 10.6 Å². The second-order valence-electron chi connectivity index (χ2n) is 7.37. The van der Waals surface area contributed by atoms with E-state index in [9.17, 15) is 9.59 Å². The topological polar surface area (TPSA) is 70.7 Å². The lowest BCUT2D eigenvalue weighted by molar-refractivity contribution is -0.114. The maximum atomic E-state index is 12.8. The summed E-state index contributed by atoms with van der Waals surface area (Å²) in [7, 11) is 1.73. The average Bonchev–Trinajstić information content (AvgIpc) is 2.78. The van der Waals surface area contributed by atoms with Gasteiger partial charge in [0.05, 0.1) is 12.6 Å². The molecule has 0 fully saturated rings. The third-order valence-electron chi connectivity index (χ3n) is 4.52. The molecule has 0 atom stereocenters. The Kier molecular flexibility index (Phi) is 7.27. The molecule has 0 aromatic heterocycles. The van der Waals surface area contributed by atoms with Gasteiger partial charge in [0.1, 0.15) is 5.75 Å². The minimum absolute atomic E-state index is 0.104. The fraction of sp³-hybridized carbons (Fsp3) is 0.200. The van der Waals surface area contributed by atoms with Crippen LogP contribution in [0.5, 0.6) is 5.75 Å². The highest BCUT2D eigenvalue weighted by Crippen LogP contribution is 2.18. The Morgan fingerprint density at radius 2 is 1.61 bits per heavy atom. The zero-order valence-corrected chi connectivity index (χ0v) is 18.0. The number of hydrogen-bond acceptors (Lipinski definition) is 4. The minimum atomic E-state index is -0.205. The number of ether oxygens (including phenoxy) is 1. The zero-order chi connectivity index (χ0) is 22.2. The highest BCUT2D eigenvalue weighted by atomic mass is 16.5. The Morgan fingerprint density at radius 3 is 2.29 bits per heavy atom. The smallest absolute Gasteiger partial charge is 0.258 e. The van der Waals surface area contributed by atoms with Crippen LogP contribution in [0.2, 0.25) is 0 Å². The Bertz CT molecular complexity index is 1020. The Labute approximate surface area is 182 Å². The molecule has 2 N–H and O–H groups in total. The van der Waals surface area contributed by atoms with E-state index in [-0.39, 0.29) is 24.5 Å². The lowest BCUT2D eigenvalue weighted by Gasteiger charge is -2.17. The van der Waals surface area contributed by atoms with Crippen molar-refractivity contribution in [1.29, 1.82) is 0 Å². The average molecular weight is 418 g/mol. The van der Waals surface area contributed by atoms with E-state index in [0.717, 1.165) is 17.1 Å². The standard InChI is InChI=1S/C25H27N3O3/c1-18(2)31-23-14-12-20(13-15-23)26-17-24(29)27-21-9-7-8-19(16-21)25(30)28(3)22-10-5-4-6-11-22/h4-16,18,26H,17H2,1-3H3,(H,27,29). The first-order valence-electron chi connectivity index (χ1n) is 10.2. The maximum Gasteiger partial charge on any atom is 0.258 e. The molecule has 31 heavy (non-hydrogen) atoms.